The van der Waals surface area contributed by atoms with E-state index in [-0.39, 0.29) is 16.1 Å². The molecule has 1 aromatic carbocycles. The Morgan fingerprint density at radius 3 is 2.65 bits per heavy atom. The number of halogens is 1. The van der Waals surface area contributed by atoms with Crippen LogP contribution >= 0.6 is 0 Å². The van der Waals surface area contributed by atoms with Crippen LogP contribution < -0.4 is 4.72 Å². The van der Waals surface area contributed by atoms with Gasteiger partial charge in [-0.15, -0.1) is 0 Å². The Hall–Kier alpha value is -2.40. The van der Waals surface area contributed by atoms with Crippen molar-refractivity contribution < 1.29 is 12.8 Å². The molecule has 1 heterocycles. The van der Waals surface area contributed by atoms with E-state index >= 15 is 0 Å². The normalized spacial score (nSPS) is 11.1. The van der Waals surface area contributed by atoms with Gasteiger partial charge >= 0.3 is 0 Å². The van der Waals surface area contributed by atoms with Crippen molar-refractivity contribution in [1.82, 2.24) is 10.2 Å². The number of benzene rings is 1. The van der Waals surface area contributed by atoms with Crippen LogP contribution in [0, 0.1) is 31.0 Å². The summed E-state index contributed by atoms with van der Waals surface area (Å²) >= 11 is 0. The zero-order chi connectivity index (χ0) is 14.9. The van der Waals surface area contributed by atoms with E-state index < -0.39 is 15.8 Å². The molecule has 20 heavy (non-hydrogen) atoms. The zero-order valence-corrected chi connectivity index (χ0v) is 11.5. The first-order chi connectivity index (χ1) is 9.35. The van der Waals surface area contributed by atoms with Crippen molar-refractivity contribution in [3.63, 3.8) is 0 Å². The van der Waals surface area contributed by atoms with Crippen molar-refractivity contribution >= 4 is 15.7 Å². The van der Waals surface area contributed by atoms with Crippen LogP contribution in [0.1, 0.15) is 17.0 Å². The fourth-order valence-electron chi connectivity index (χ4n) is 1.82. The molecule has 0 saturated heterocycles. The highest BCUT2D eigenvalue weighted by molar-refractivity contribution is 7.92. The third-order valence-corrected chi connectivity index (χ3v) is 4.31. The minimum atomic E-state index is -3.84. The van der Waals surface area contributed by atoms with Crippen LogP contribution in [0.15, 0.2) is 23.1 Å². The maximum absolute atomic E-state index is 13.2. The summed E-state index contributed by atoms with van der Waals surface area (Å²) < 4.78 is 40.0. The van der Waals surface area contributed by atoms with E-state index in [1.165, 1.54) is 6.07 Å². The van der Waals surface area contributed by atoms with Gasteiger partial charge in [0.05, 0.1) is 22.6 Å². The maximum atomic E-state index is 13.2. The molecule has 6 nitrogen and oxygen atoms in total. The van der Waals surface area contributed by atoms with Gasteiger partial charge in [0, 0.05) is 0 Å². The Morgan fingerprint density at radius 2 is 2.10 bits per heavy atom. The molecule has 0 aliphatic carbocycles. The second-order valence-electron chi connectivity index (χ2n) is 4.18. The number of sulfonamides is 1. The molecule has 0 spiro atoms. The smallest absolute Gasteiger partial charge is 0.265 e. The second-order valence-corrected chi connectivity index (χ2v) is 5.79. The summed E-state index contributed by atoms with van der Waals surface area (Å²) in [5, 5.41) is 15.1. The van der Waals surface area contributed by atoms with Crippen LogP contribution in [0.2, 0.25) is 0 Å². The lowest BCUT2D eigenvalue weighted by Gasteiger charge is -2.08. The number of nitriles is 1. The van der Waals surface area contributed by atoms with Gasteiger partial charge in [0.2, 0.25) is 0 Å². The van der Waals surface area contributed by atoms with Crippen LogP contribution in [0.4, 0.5) is 10.1 Å². The van der Waals surface area contributed by atoms with Crippen LogP contribution in [0.25, 0.3) is 0 Å². The standard InChI is InChI=1S/C12H11FN4O2S/c1-7-12(8(2)16-15-7)20(18,19)17-10-3-4-11(13)9(5-10)6-14/h3-5,17H,1-2H3,(H,15,16). The van der Waals surface area contributed by atoms with Gasteiger partial charge in [-0.2, -0.15) is 10.4 Å². The molecule has 0 amide bonds. The second kappa shape index (κ2) is 4.94. The molecule has 0 atom stereocenters. The molecule has 1 aromatic heterocycles. The van der Waals surface area contributed by atoms with E-state index in [0.29, 0.717) is 11.4 Å². The zero-order valence-electron chi connectivity index (χ0n) is 10.7. The van der Waals surface area contributed by atoms with Gasteiger partial charge in [0.1, 0.15) is 16.8 Å². The lowest BCUT2D eigenvalue weighted by molar-refractivity contribution is 0.600. The summed E-state index contributed by atoms with van der Waals surface area (Å²) in [7, 11) is -3.84. The average Bonchev–Trinajstić information content (AvgIpc) is 2.71. The van der Waals surface area contributed by atoms with Crippen molar-refractivity contribution in [2.75, 3.05) is 4.72 Å². The molecule has 2 aromatic rings. The Labute approximate surface area is 115 Å². The number of aryl methyl sites for hydroxylation is 2. The molecular formula is C12H11FN4O2S. The number of nitrogens with zero attached hydrogens (tertiary/aromatic N) is 2. The van der Waals surface area contributed by atoms with Gasteiger partial charge in [0.15, 0.2) is 0 Å². The summed E-state index contributed by atoms with van der Waals surface area (Å²) in [5.41, 5.74) is 0.615. The highest BCUT2D eigenvalue weighted by Crippen LogP contribution is 2.22. The van der Waals surface area contributed by atoms with Crippen LogP contribution in [-0.4, -0.2) is 18.6 Å². The first kappa shape index (κ1) is 14.0. The summed E-state index contributed by atoms with van der Waals surface area (Å²) in [4.78, 5) is 0.0420. The average molecular weight is 294 g/mol. The number of nitrogens with one attached hydrogen (secondary N) is 2. The predicted molar refractivity (Wildman–Crippen MR) is 70.0 cm³/mol. The molecule has 2 rings (SSSR count). The van der Waals surface area contributed by atoms with Crippen molar-refractivity contribution in [1.29, 1.82) is 5.26 Å². The number of aromatic nitrogens is 2. The molecule has 0 radical (unpaired) electrons. The third kappa shape index (κ3) is 2.48. The number of H-pyrrole nitrogens is 1. The highest BCUT2D eigenvalue weighted by atomic mass is 32.2. The predicted octanol–water partition coefficient (Wildman–Crippen LogP) is 1.84. The SMILES string of the molecule is Cc1n[nH]c(C)c1S(=O)(=O)Nc1ccc(F)c(C#N)c1. The van der Waals surface area contributed by atoms with Crippen molar-refractivity contribution in [2.24, 2.45) is 0 Å². The van der Waals surface area contributed by atoms with Gasteiger partial charge < -0.3 is 0 Å². The van der Waals surface area contributed by atoms with Gasteiger partial charge in [-0.3, -0.25) is 9.82 Å². The summed E-state index contributed by atoms with van der Waals surface area (Å²) in [6, 6.07) is 5.07. The number of rotatable bonds is 3. The first-order valence-electron chi connectivity index (χ1n) is 5.59. The van der Waals surface area contributed by atoms with Gasteiger partial charge in [0.25, 0.3) is 10.0 Å². The Balaban J connectivity index is 2.42. The number of anilines is 1. The fourth-order valence-corrected chi connectivity index (χ4v) is 3.24. The van der Waals surface area contributed by atoms with Crippen LogP contribution in [0.5, 0.6) is 0 Å². The Bertz CT molecular complexity index is 786. The van der Waals surface area contributed by atoms with Crippen molar-refractivity contribution in [3.05, 3.63) is 41.0 Å². The molecule has 0 unspecified atom stereocenters. The van der Waals surface area contributed by atoms with Crippen molar-refractivity contribution in [3.8, 4) is 6.07 Å². The largest absolute Gasteiger partial charge is 0.281 e. The Morgan fingerprint density at radius 1 is 1.40 bits per heavy atom. The third-order valence-electron chi connectivity index (χ3n) is 2.67. The summed E-state index contributed by atoms with van der Waals surface area (Å²) in [5.74, 6) is -0.703. The van der Waals surface area contributed by atoms with E-state index in [4.69, 9.17) is 5.26 Å². The van der Waals surface area contributed by atoms with E-state index in [9.17, 15) is 12.8 Å². The fraction of sp³-hybridized carbons (Fsp3) is 0.167. The number of aromatic amines is 1. The molecule has 0 saturated carbocycles. The molecule has 104 valence electrons. The first-order valence-corrected chi connectivity index (χ1v) is 7.07. The van der Waals surface area contributed by atoms with Gasteiger partial charge in [-0.05, 0) is 32.0 Å². The van der Waals surface area contributed by atoms with Gasteiger partial charge in [-0.1, -0.05) is 0 Å². The number of hydrogen-bond acceptors (Lipinski definition) is 4. The molecule has 0 fully saturated rings. The molecule has 0 aliphatic heterocycles. The van der Waals surface area contributed by atoms with Crippen molar-refractivity contribution in [2.45, 2.75) is 18.7 Å². The summed E-state index contributed by atoms with van der Waals surface area (Å²) in [6.07, 6.45) is 0. The topological polar surface area (TPSA) is 98.6 Å². The monoisotopic (exact) mass is 294 g/mol. The molecule has 0 aliphatic rings. The van der Waals surface area contributed by atoms with Gasteiger partial charge in [-0.25, -0.2) is 12.8 Å². The van der Waals surface area contributed by atoms with Crippen LogP contribution in [0.3, 0.4) is 0 Å². The van der Waals surface area contributed by atoms with Crippen LogP contribution in [-0.2, 0) is 10.0 Å². The maximum Gasteiger partial charge on any atom is 0.265 e. The van der Waals surface area contributed by atoms with E-state index in [1.54, 1.807) is 19.9 Å². The highest BCUT2D eigenvalue weighted by Gasteiger charge is 2.22. The van der Waals surface area contributed by atoms with E-state index in [0.717, 1.165) is 12.1 Å². The van der Waals surface area contributed by atoms with E-state index in [1.807, 2.05) is 0 Å². The minimum absolute atomic E-state index is 0.0420. The summed E-state index contributed by atoms with van der Waals surface area (Å²) in [6.45, 7) is 3.14. The molecule has 8 heteroatoms. The lowest BCUT2D eigenvalue weighted by Crippen LogP contribution is -2.14. The molecule has 0 bridgehead atoms. The molecule has 2 N–H and O–H groups in total. The minimum Gasteiger partial charge on any atom is -0.281 e. The molecular weight excluding hydrogens is 283 g/mol. The quantitative estimate of drug-likeness (QED) is 0.902. The van der Waals surface area contributed by atoms with E-state index in [2.05, 4.69) is 14.9 Å². The lowest BCUT2D eigenvalue weighted by atomic mass is 10.2. The Kier molecular flexibility index (Phi) is 3.46. The number of hydrogen-bond donors (Lipinski definition) is 2.